The van der Waals surface area contributed by atoms with Crippen LogP contribution in [0.15, 0.2) is 51.9 Å². The minimum Gasteiger partial charge on any atom is -0.338 e. The van der Waals surface area contributed by atoms with E-state index in [1.807, 2.05) is 17.0 Å². The molecule has 0 amide bonds. The third kappa shape index (κ3) is 4.50. The van der Waals surface area contributed by atoms with E-state index in [4.69, 9.17) is 27.7 Å². The molecule has 158 valence electrons. The van der Waals surface area contributed by atoms with E-state index in [0.717, 1.165) is 17.7 Å². The number of hydrogen-bond donors (Lipinski definition) is 0. The van der Waals surface area contributed by atoms with Crippen molar-refractivity contribution in [1.82, 2.24) is 19.3 Å². The average Bonchev–Trinajstić information content (AvgIpc) is 3.19. The zero-order valence-corrected chi connectivity index (χ0v) is 18.0. The van der Waals surface area contributed by atoms with Gasteiger partial charge in [-0.2, -0.15) is 9.29 Å². The molecule has 2 aromatic carbocycles. The molecule has 0 spiro atoms. The molecule has 0 radical (unpaired) electrons. The van der Waals surface area contributed by atoms with Gasteiger partial charge in [-0.3, -0.25) is 4.90 Å². The first kappa shape index (κ1) is 21.2. The van der Waals surface area contributed by atoms with E-state index < -0.39 is 15.8 Å². The lowest BCUT2D eigenvalue weighted by Gasteiger charge is -2.33. The SMILES string of the molecule is O=S(=O)(c1ccc(F)c(Cl)c1)N1CCN(Cc2nc(-c3cccc(Cl)c3)no2)CC1. The minimum atomic E-state index is -3.74. The zero-order chi connectivity index (χ0) is 21.3. The summed E-state index contributed by atoms with van der Waals surface area (Å²) in [6.07, 6.45) is 0. The van der Waals surface area contributed by atoms with Gasteiger partial charge >= 0.3 is 0 Å². The van der Waals surface area contributed by atoms with Crippen molar-refractivity contribution in [3.8, 4) is 11.4 Å². The summed E-state index contributed by atoms with van der Waals surface area (Å²) in [4.78, 5) is 6.39. The highest BCUT2D eigenvalue weighted by atomic mass is 35.5. The van der Waals surface area contributed by atoms with Crippen LogP contribution in [0.4, 0.5) is 4.39 Å². The van der Waals surface area contributed by atoms with Crippen molar-refractivity contribution in [2.75, 3.05) is 26.2 Å². The van der Waals surface area contributed by atoms with E-state index in [9.17, 15) is 12.8 Å². The molecule has 0 atom stereocenters. The predicted molar refractivity (Wildman–Crippen MR) is 110 cm³/mol. The molecule has 7 nitrogen and oxygen atoms in total. The van der Waals surface area contributed by atoms with Gasteiger partial charge in [0.1, 0.15) is 5.82 Å². The second kappa shape index (κ2) is 8.60. The Morgan fingerprint density at radius 2 is 1.83 bits per heavy atom. The molecule has 2 heterocycles. The molecule has 1 aliphatic rings. The molecule has 30 heavy (non-hydrogen) atoms. The number of nitrogens with zero attached hydrogens (tertiary/aromatic N) is 4. The van der Waals surface area contributed by atoms with Crippen molar-refractivity contribution in [1.29, 1.82) is 0 Å². The largest absolute Gasteiger partial charge is 0.338 e. The van der Waals surface area contributed by atoms with Crippen LogP contribution in [0.3, 0.4) is 0 Å². The van der Waals surface area contributed by atoms with Gasteiger partial charge in [-0.15, -0.1) is 0 Å². The summed E-state index contributed by atoms with van der Waals surface area (Å²) in [6.45, 7) is 1.95. The van der Waals surface area contributed by atoms with E-state index in [-0.39, 0.29) is 23.0 Å². The van der Waals surface area contributed by atoms with Crippen molar-refractivity contribution in [3.63, 3.8) is 0 Å². The molecule has 1 saturated heterocycles. The monoisotopic (exact) mass is 470 g/mol. The predicted octanol–water partition coefficient (Wildman–Crippen LogP) is 3.69. The topological polar surface area (TPSA) is 79.5 Å². The van der Waals surface area contributed by atoms with Gasteiger partial charge in [0.15, 0.2) is 0 Å². The first-order chi connectivity index (χ1) is 14.3. The lowest BCUT2D eigenvalue weighted by atomic mass is 10.2. The summed E-state index contributed by atoms with van der Waals surface area (Å²) < 4.78 is 45.6. The fraction of sp³-hybridized carbons (Fsp3) is 0.263. The van der Waals surface area contributed by atoms with Crippen LogP contribution >= 0.6 is 23.2 Å². The second-order valence-electron chi connectivity index (χ2n) is 6.78. The van der Waals surface area contributed by atoms with E-state index in [0.29, 0.717) is 36.4 Å². The summed E-state index contributed by atoms with van der Waals surface area (Å²) in [5.41, 5.74) is 0.756. The molecule has 1 aromatic heterocycles. The van der Waals surface area contributed by atoms with Gasteiger partial charge in [-0.1, -0.05) is 40.5 Å². The zero-order valence-electron chi connectivity index (χ0n) is 15.6. The minimum absolute atomic E-state index is 0.0228. The highest BCUT2D eigenvalue weighted by Gasteiger charge is 2.29. The van der Waals surface area contributed by atoms with Gasteiger partial charge in [0.2, 0.25) is 21.7 Å². The molecule has 0 saturated carbocycles. The maximum absolute atomic E-state index is 13.3. The fourth-order valence-corrected chi connectivity index (χ4v) is 5.05. The van der Waals surface area contributed by atoms with E-state index in [2.05, 4.69) is 10.1 Å². The van der Waals surface area contributed by atoms with Crippen LogP contribution in [0.5, 0.6) is 0 Å². The second-order valence-corrected chi connectivity index (χ2v) is 9.56. The average molecular weight is 471 g/mol. The van der Waals surface area contributed by atoms with E-state index >= 15 is 0 Å². The number of sulfonamides is 1. The molecule has 4 rings (SSSR count). The third-order valence-electron chi connectivity index (χ3n) is 4.77. The quantitative estimate of drug-likeness (QED) is 0.565. The summed E-state index contributed by atoms with van der Waals surface area (Å²) >= 11 is 11.7. The van der Waals surface area contributed by atoms with Crippen LogP contribution in [-0.4, -0.2) is 53.9 Å². The van der Waals surface area contributed by atoms with E-state index in [1.165, 1.54) is 10.4 Å². The van der Waals surface area contributed by atoms with Gasteiger partial charge in [0, 0.05) is 36.8 Å². The number of benzene rings is 2. The normalized spacial score (nSPS) is 16.1. The Balaban J connectivity index is 1.38. The standard InChI is InChI=1S/C19H17Cl2FN4O3S/c20-14-3-1-2-13(10-14)19-23-18(29-24-19)12-25-6-8-26(9-7-25)30(27,28)15-4-5-17(22)16(21)11-15/h1-5,10-11H,6-9,12H2. The number of halogens is 3. The van der Waals surface area contributed by atoms with Gasteiger partial charge in [0.05, 0.1) is 16.5 Å². The van der Waals surface area contributed by atoms with Gasteiger partial charge in [-0.05, 0) is 30.3 Å². The molecule has 0 bridgehead atoms. The first-order valence-corrected chi connectivity index (χ1v) is 11.3. The Morgan fingerprint density at radius 3 is 2.53 bits per heavy atom. The first-order valence-electron chi connectivity index (χ1n) is 9.09. The van der Waals surface area contributed by atoms with E-state index in [1.54, 1.807) is 12.1 Å². The lowest BCUT2D eigenvalue weighted by molar-refractivity contribution is 0.163. The number of piperazine rings is 1. The van der Waals surface area contributed by atoms with Gasteiger partial charge in [0.25, 0.3) is 0 Å². The molecular formula is C19H17Cl2FN4O3S. The van der Waals surface area contributed by atoms with Crippen molar-refractivity contribution in [2.45, 2.75) is 11.4 Å². The van der Waals surface area contributed by atoms with Crippen LogP contribution in [0.1, 0.15) is 5.89 Å². The number of hydrogen-bond acceptors (Lipinski definition) is 6. The molecule has 1 aliphatic heterocycles. The summed E-state index contributed by atoms with van der Waals surface area (Å²) in [7, 11) is -3.74. The highest BCUT2D eigenvalue weighted by molar-refractivity contribution is 7.89. The molecule has 0 unspecified atom stereocenters. The van der Waals surface area contributed by atoms with Gasteiger partial charge < -0.3 is 4.52 Å². The van der Waals surface area contributed by atoms with Crippen molar-refractivity contribution >= 4 is 33.2 Å². The van der Waals surface area contributed by atoms with Crippen LogP contribution in [0.2, 0.25) is 10.0 Å². The van der Waals surface area contributed by atoms with Gasteiger partial charge in [-0.25, -0.2) is 12.8 Å². The maximum atomic E-state index is 13.3. The van der Waals surface area contributed by atoms with Crippen molar-refractivity contribution in [3.05, 3.63) is 64.2 Å². The fourth-order valence-electron chi connectivity index (χ4n) is 3.17. The van der Waals surface area contributed by atoms with Crippen LogP contribution in [0.25, 0.3) is 11.4 Å². The van der Waals surface area contributed by atoms with Crippen molar-refractivity contribution < 1.29 is 17.3 Å². The highest BCUT2D eigenvalue weighted by Crippen LogP contribution is 2.24. The Hall–Kier alpha value is -2.04. The molecule has 11 heteroatoms. The Labute approximate surface area is 183 Å². The molecule has 0 N–H and O–H groups in total. The van der Waals surface area contributed by atoms with Crippen LogP contribution in [0, 0.1) is 5.82 Å². The molecular weight excluding hydrogens is 454 g/mol. The Bertz CT molecular complexity index is 1160. The Morgan fingerprint density at radius 1 is 1.07 bits per heavy atom. The summed E-state index contributed by atoms with van der Waals surface area (Å²) in [6, 6.07) is 10.6. The van der Waals surface area contributed by atoms with Crippen LogP contribution < -0.4 is 0 Å². The molecule has 1 fully saturated rings. The lowest BCUT2D eigenvalue weighted by Crippen LogP contribution is -2.48. The smallest absolute Gasteiger partial charge is 0.243 e. The molecule has 0 aliphatic carbocycles. The number of rotatable bonds is 5. The van der Waals surface area contributed by atoms with Crippen molar-refractivity contribution in [2.24, 2.45) is 0 Å². The third-order valence-corrected chi connectivity index (χ3v) is 7.19. The Kier molecular flexibility index (Phi) is 6.08. The summed E-state index contributed by atoms with van der Waals surface area (Å²) in [5.74, 6) is 0.227. The number of aromatic nitrogens is 2. The maximum Gasteiger partial charge on any atom is 0.243 e. The summed E-state index contributed by atoms with van der Waals surface area (Å²) in [5, 5.41) is 4.34. The molecule has 3 aromatic rings. The van der Waals surface area contributed by atoms with Crippen LogP contribution in [-0.2, 0) is 16.6 Å².